The van der Waals surface area contributed by atoms with E-state index >= 15 is 0 Å². The Morgan fingerprint density at radius 1 is 1.02 bits per heavy atom. The van der Waals surface area contributed by atoms with E-state index in [1.807, 2.05) is 0 Å². The van der Waals surface area contributed by atoms with E-state index in [2.05, 4.69) is 21.7 Å². The third-order valence-electron chi connectivity index (χ3n) is 11.2. The lowest BCUT2D eigenvalue weighted by molar-refractivity contribution is -0.125. The first kappa shape index (κ1) is 36.7. The number of carbonyl (C=O) groups is 4. The van der Waals surface area contributed by atoms with Gasteiger partial charge in [0.1, 0.15) is 22.5 Å². The molecule has 1 saturated heterocycles. The van der Waals surface area contributed by atoms with E-state index in [1.54, 1.807) is 77.1 Å². The van der Waals surface area contributed by atoms with Crippen LogP contribution in [0.3, 0.4) is 0 Å². The maximum Gasteiger partial charge on any atom is 0.272 e. The molecule has 3 fully saturated rings. The number of rotatable bonds is 10. The van der Waals surface area contributed by atoms with Crippen LogP contribution in [-0.4, -0.2) is 73.4 Å². The van der Waals surface area contributed by atoms with Gasteiger partial charge in [0, 0.05) is 36.2 Å². The molecule has 55 heavy (non-hydrogen) atoms. The largest absolute Gasteiger partial charge is 0.396 e. The first-order chi connectivity index (χ1) is 26.4. The molecule has 0 spiro atoms. The van der Waals surface area contributed by atoms with Crippen LogP contribution in [0.15, 0.2) is 66.9 Å². The number of hydrogen-bond donors (Lipinski definition) is 3. The molecule has 2 aliphatic heterocycles. The molecule has 2 aliphatic carbocycles. The highest BCUT2D eigenvalue weighted by Crippen LogP contribution is 2.48. The number of halogens is 2. The minimum absolute atomic E-state index is 0.0288. The van der Waals surface area contributed by atoms with Gasteiger partial charge in [-0.1, -0.05) is 41.4 Å². The van der Waals surface area contributed by atoms with Crippen LogP contribution < -0.4 is 15.5 Å². The van der Waals surface area contributed by atoms with Gasteiger partial charge in [0.05, 0.1) is 34.7 Å². The Balaban J connectivity index is 1.04. The van der Waals surface area contributed by atoms with Crippen molar-refractivity contribution >= 4 is 58.5 Å². The second-order valence-corrected chi connectivity index (χ2v) is 16.1. The minimum Gasteiger partial charge on any atom is -0.396 e. The SMILES string of the molecule is C[C@@]1(Cc2ccc(C#N)cc2)C(=O)N(c2cc(Cl)cc(Cl)c2)c2ncc(C(=O)NC3(C(=O)NC4(c5cccc(C(=O)N6CCCC(CO)C6)n5)CC4)CC3)n21. The van der Waals surface area contributed by atoms with E-state index in [-0.39, 0.29) is 54.0 Å². The van der Waals surface area contributed by atoms with Crippen molar-refractivity contribution in [2.45, 2.75) is 68.5 Å². The van der Waals surface area contributed by atoms with Gasteiger partial charge in [-0.3, -0.25) is 23.7 Å². The highest BCUT2D eigenvalue weighted by atomic mass is 35.5. The van der Waals surface area contributed by atoms with Crippen molar-refractivity contribution in [1.29, 1.82) is 5.26 Å². The van der Waals surface area contributed by atoms with Crippen LogP contribution in [0.1, 0.15) is 83.2 Å². The Labute approximate surface area is 327 Å². The Morgan fingerprint density at radius 3 is 2.40 bits per heavy atom. The molecule has 1 unspecified atom stereocenters. The number of hydrogen-bond acceptors (Lipinski definition) is 8. The maximum atomic E-state index is 14.5. The van der Waals surface area contributed by atoms with E-state index in [4.69, 9.17) is 28.2 Å². The number of aliphatic hydroxyl groups excluding tert-OH is 1. The van der Waals surface area contributed by atoms with Gasteiger partial charge in [-0.15, -0.1) is 0 Å². The first-order valence-electron chi connectivity index (χ1n) is 18.3. The minimum atomic E-state index is -1.35. The quantitative estimate of drug-likeness (QED) is 0.202. The number of carbonyl (C=O) groups excluding carboxylic acids is 4. The fourth-order valence-electron chi connectivity index (χ4n) is 7.83. The van der Waals surface area contributed by atoms with E-state index < -0.39 is 22.5 Å². The van der Waals surface area contributed by atoms with Gasteiger partial charge in [-0.05, 0) is 99.4 Å². The van der Waals surface area contributed by atoms with Gasteiger partial charge in [-0.25, -0.2) is 14.9 Å². The van der Waals surface area contributed by atoms with Crippen LogP contribution in [0.2, 0.25) is 10.0 Å². The zero-order valence-corrected chi connectivity index (χ0v) is 31.5. The number of imidazole rings is 1. The molecule has 2 atom stereocenters. The van der Waals surface area contributed by atoms with Gasteiger partial charge >= 0.3 is 0 Å². The number of amides is 4. The predicted octanol–water partition coefficient (Wildman–Crippen LogP) is 5.01. The van der Waals surface area contributed by atoms with Crippen LogP contribution in [0.4, 0.5) is 11.6 Å². The summed E-state index contributed by atoms with van der Waals surface area (Å²) in [7, 11) is 0. The van der Waals surface area contributed by atoms with Crippen molar-refractivity contribution in [3.63, 3.8) is 0 Å². The number of nitrogens with one attached hydrogen (secondary N) is 2. The van der Waals surface area contributed by atoms with Gasteiger partial charge in [0.25, 0.3) is 17.7 Å². The molecule has 3 N–H and O–H groups in total. The van der Waals surface area contributed by atoms with E-state index in [9.17, 15) is 29.5 Å². The summed E-state index contributed by atoms with van der Waals surface area (Å²) in [6, 6.07) is 18.9. The number of anilines is 2. The van der Waals surface area contributed by atoms with Crippen molar-refractivity contribution in [3.05, 3.63) is 105 Å². The van der Waals surface area contributed by atoms with Crippen molar-refractivity contribution in [2.75, 3.05) is 24.6 Å². The first-order valence-corrected chi connectivity index (χ1v) is 19.0. The van der Waals surface area contributed by atoms with Gasteiger partial charge in [0.15, 0.2) is 0 Å². The number of benzene rings is 2. The average molecular weight is 782 g/mol. The average Bonchev–Trinajstić information content (AvgIpc) is 4.09. The van der Waals surface area contributed by atoms with Crippen LogP contribution in [0, 0.1) is 17.2 Å². The molecule has 2 saturated carbocycles. The van der Waals surface area contributed by atoms with Crippen molar-refractivity contribution in [2.24, 2.45) is 5.92 Å². The Morgan fingerprint density at radius 2 is 1.75 bits per heavy atom. The molecule has 8 rings (SSSR count). The van der Waals surface area contributed by atoms with Crippen molar-refractivity contribution in [1.82, 2.24) is 30.1 Å². The molecule has 4 aliphatic rings. The summed E-state index contributed by atoms with van der Waals surface area (Å²) in [6.45, 7) is 2.82. The van der Waals surface area contributed by atoms with Gasteiger partial charge in [0.2, 0.25) is 11.9 Å². The van der Waals surface area contributed by atoms with Gasteiger partial charge in [-0.2, -0.15) is 5.26 Å². The smallest absolute Gasteiger partial charge is 0.272 e. The van der Waals surface area contributed by atoms with Crippen LogP contribution in [0.5, 0.6) is 0 Å². The summed E-state index contributed by atoms with van der Waals surface area (Å²) >= 11 is 12.7. The summed E-state index contributed by atoms with van der Waals surface area (Å²) in [4.78, 5) is 68.5. The fraction of sp³-hybridized carbons (Fsp3) is 0.375. The van der Waals surface area contributed by atoms with Crippen molar-refractivity contribution in [3.8, 4) is 6.07 Å². The summed E-state index contributed by atoms with van der Waals surface area (Å²) < 4.78 is 1.59. The molecule has 4 amide bonds. The normalized spacial score (nSPS) is 21.7. The number of pyridine rings is 1. The summed E-state index contributed by atoms with van der Waals surface area (Å²) in [5.74, 6) is -1.28. The molecule has 0 bridgehead atoms. The second kappa shape index (κ2) is 13.8. The number of aliphatic hydroxyl groups is 1. The predicted molar refractivity (Wildman–Crippen MR) is 203 cm³/mol. The molecular formula is C40H38Cl2N8O5. The molecule has 4 aromatic rings. The molecule has 15 heteroatoms. The molecule has 282 valence electrons. The summed E-state index contributed by atoms with van der Waals surface area (Å²) in [5.41, 5.74) is -0.756. The Hall–Kier alpha value is -5.29. The number of aromatic nitrogens is 3. The second-order valence-electron chi connectivity index (χ2n) is 15.2. The zero-order chi connectivity index (χ0) is 38.7. The highest BCUT2D eigenvalue weighted by molar-refractivity contribution is 6.35. The maximum absolute atomic E-state index is 14.5. The van der Waals surface area contributed by atoms with E-state index in [1.165, 1.54) is 11.1 Å². The number of fused-ring (bicyclic) bond motifs is 1. The number of piperidine rings is 1. The zero-order valence-electron chi connectivity index (χ0n) is 30.0. The van der Waals surface area contributed by atoms with E-state index in [0.29, 0.717) is 65.8 Å². The lowest BCUT2D eigenvalue weighted by Crippen LogP contribution is -2.52. The molecule has 2 aromatic carbocycles. The third-order valence-corrected chi connectivity index (χ3v) is 11.7. The van der Waals surface area contributed by atoms with E-state index in [0.717, 1.165) is 18.4 Å². The topological polar surface area (TPSA) is 174 Å². The van der Waals surface area contributed by atoms with Crippen molar-refractivity contribution < 1.29 is 24.3 Å². The molecule has 13 nitrogen and oxygen atoms in total. The number of nitrogens with zero attached hydrogens (tertiary/aromatic N) is 6. The Kier molecular flexibility index (Phi) is 9.19. The standard InChI is InChI=1S/C40H38Cl2N8O5/c1-38(19-24-7-9-25(20-43)10-8-24)36(55)49(29-17-27(41)16-28(42)18-29)37-44-21-31(50(37)38)33(52)46-40(13-14-40)35(54)47-39(11-12-39)32-6-2-5-30(45-32)34(53)48-15-3-4-26(22-48)23-51/h2,5-10,16-18,21,26,51H,3-4,11-15,19,22-23H2,1H3,(H,46,52)(H,47,54)/t26?,38-/m1/s1. The number of likely N-dealkylation sites (tertiary alicyclic amines) is 1. The van der Waals surface area contributed by atoms with Crippen LogP contribution >= 0.6 is 23.2 Å². The highest BCUT2D eigenvalue weighted by Gasteiger charge is 2.57. The molecular weight excluding hydrogens is 743 g/mol. The summed E-state index contributed by atoms with van der Waals surface area (Å²) in [6.07, 6.45) is 5.30. The molecule has 4 heterocycles. The molecule has 0 radical (unpaired) electrons. The number of nitriles is 1. The fourth-order valence-corrected chi connectivity index (χ4v) is 8.34. The monoisotopic (exact) mass is 780 g/mol. The van der Waals surface area contributed by atoms with Gasteiger partial charge < -0.3 is 20.6 Å². The lowest BCUT2D eigenvalue weighted by Gasteiger charge is -2.31. The van der Waals surface area contributed by atoms with Crippen LogP contribution in [0.25, 0.3) is 0 Å². The van der Waals surface area contributed by atoms with Crippen LogP contribution in [-0.2, 0) is 27.1 Å². The third kappa shape index (κ3) is 6.62. The Bertz CT molecular complexity index is 2260. The molecule has 2 aromatic heterocycles. The summed E-state index contributed by atoms with van der Waals surface area (Å²) in [5, 5.41) is 25.7. The lowest BCUT2D eigenvalue weighted by atomic mass is 9.91.